The molecule has 0 aliphatic heterocycles. The molecule has 0 radical (unpaired) electrons. The van der Waals surface area contributed by atoms with Gasteiger partial charge in [0.15, 0.2) is 11.5 Å². The summed E-state index contributed by atoms with van der Waals surface area (Å²) in [7, 11) is 2.89. The zero-order valence-corrected chi connectivity index (χ0v) is 16.2. The number of carbonyl (C=O) groups excluding carboxylic acids is 1. The van der Waals surface area contributed by atoms with Crippen molar-refractivity contribution in [1.82, 2.24) is 10.8 Å². The van der Waals surface area contributed by atoms with Gasteiger partial charge in [0.25, 0.3) is 5.91 Å². The Morgan fingerprint density at radius 3 is 2.43 bits per heavy atom. The van der Waals surface area contributed by atoms with Crippen LogP contribution in [0.4, 0.5) is 4.79 Å². The summed E-state index contributed by atoms with van der Waals surface area (Å²) in [5.41, 5.74) is 2.97. The number of hydroxylamine groups is 1. The predicted octanol–water partition coefficient (Wildman–Crippen LogP) is 2.90. The summed E-state index contributed by atoms with van der Waals surface area (Å²) in [6.45, 7) is -0.0716. The highest BCUT2D eigenvalue weighted by molar-refractivity contribution is 6.35. The Hall–Kier alpha value is -2.97. The molecule has 2 amide bonds. The number of hydrogen-bond acceptors (Lipinski definition) is 5. The third-order valence-corrected chi connectivity index (χ3v) is 4.21. The van der Waals surface area contributed by atoms with E-state index in [1.54, 1.807) is 6.07 Å². The first-order chi connectivity index (χ1) is 13.5. The Labute approximate surface area is 167 Å². The molecular weight excluding hydrogens is 388 g/mol. The molecule has 0 bridgehead atoms. The van der Waals surface area contributed by atoms with Crippen LogP contribution in [0, 0.1) is 0 Å². The Morgan fingerprint density at radius 2 is 1.82 bits per heavy atom. The number of benzene rings is 2. The zero-order valence-electron chi connectivity index (χ0n) is 15.4. The Kier molecular flexibility index (Phi) is 7.91. The maximum absolute atomic E-state index is 12.7. The molecule has 2 rings (SSSR count). The predicted molar refractivity (Wildman–Crippen MR) is 103 cm³/mol. The summed E-state index contributed by atoms with van der Waals surface area (Å²) >= 11 is 6.29. The van der Waals surface area contributed by atoms with Crippen LogP contribution in [0.25, 0.3) is 0 Å². The van der Waals surface area contributed by atoms with E-state index in [1.807, 2.05) is 35.8 Å². The Bertz CT molecular complexity index is 816. The topological polar surface area (TPSA) is 106 Å². The lowest BCUT2D eigenvalue weighted by Crippen LogP contribution is -2.41. The number of carboxylic acid groups (broad SMARTS) is 1. The van der Waals surface area contributed by atoms with E-state index in [1.165, 1.54) is 20.3 Å². The first kappa shape index (κ1) is 21.3. The second-order valence-corrected chi connectivity index (χ2v) is 6.12. The molecule has 150 valence electrons. The highest BCUT2D eigenvalue weighted by Crippen LogP contribution is 2.37. The van der Waals surface area contributed by atoms with E-state index in [0.717, 1.165) is 5.56 Å². The number of nitrogens with one attached hydrogen (secondary N) is 2. The highest BCUT2D eigenvalue weighted by Gasteiger charge is 2.21. The second-order valence-electron chi connectivity index (χ2n) is 5.74. The van der Waals surface area contributed by atoms with Crippen molar-refractivity contribution in [3.05, 3.63) is 58.6 Å². The van der Waals surface area contributed by atoms with Crippen LogP contribution in [-0.4, -0.2) is 44.0 Å². The largest absolute Gasteiger partial charge is 0.493 e. The van der Waals surface area contributed by atoms with Gasteiger partial charge in [0.1, 0.15) is 0 Å². The average Bonchev–Trinajstić information content (AvgIpc) is 2.67. The van der Waals surface area contributed by atoms with Gasteiger partial charge in [-0.3, -0.25) is 9.63 Å². The van der Waals surface area contributed by atoms with Gasteiger partial charge in [0.2, 0.25) is 0 Å². The van der Waals surface area contributed by atoms with Crippen LogP contribution in [0.1, 0.15) is 15.9 Å². The fourth-order valence-corrected chi connectivity index (χ4v) is 2.90. The van der Waals surface area contributed by atoms with Gasteiger partial charge >= 0.3 is 6.09 Å². The molecular formula is C19H21ClN2O6. The molecule has 2 aromatic carbocycles. The van der Waals surface area contributed by atoms with Crippen molar-refractivity contribution in [1.29, 1.82) is 0 Å². The van der Waals surface area contributed by atoms with E-state index in [4.69, 9.17) is 31.0 Å². The van der Waals surface area contributed by atoms with Crippen molar-refractivity contribution in [3.63, 3.8) is 0 Å². The summed E-state index contributed by atoms with van der Waals surface area (Å²) in [6.07, 6.45) is -0.897. The molecule has 0 aromatic heterocycles. The van der Waals surface area contributed by atoms with Crippen LogP contribution in [0.5, 0.6) is 11.5 Å². The minimum absolute atomic E-state index is 0.0716. The smallest absolute Gasteiger partial charge is 0.428 e. The zero-order chi connectivity index (χ0) is 20.5. The molecule has 0 fully saturated rings. The van der Waals surface area contributed by atoms with Crippen LogP contribution >= 0.6 is 11.6 Å². The summed E-state index contributed by atoms with van der Waals surface area (Å²) < 4.78 is 10.4. The molecule has 0 saturated carbocycles. The van der Waals surface area contributed by atoms with E-state index in [0.29, 0.717) is 12.2 Å². The van der Waals surface area contributed by atoms with Gasteiger partial charge in [0, 0.05) is 0 Å². The highest BCUT2D eigenvalue weighted by atomic mass is 35.5. The normalized spacial score (nSPS) is 11.4. The van der Waals surface area contributed by atoms with Crippen molar-refractivity contribution in [3.8, 4) is 11.5 Å². The van der Waals surface area contributed by atoms with Gasteiger partial charge in [0.05, 0.1) is 37.5 Å². The molecule has 0 saturated heterocycles. The third kappa shape index (κ3) is 5.77. The fourth-order valence-electron chi connectivity index (χ4n) is 2.58. The van der Waals surface area contributed by atoms with E-state index >= 15 is 0 Å². The SMILES string of the molecule is COc1ccc(C(=O)NC(CONC(=O)O)Cc2ccccc2)c(Cl)c1OC. The van der Waals surface area contributed by atoms with Crippen molar-refractivity contribution in [2.75, 3.05) is 20.8 Å². The minimum atomic E-state index is -1.33. The summed E-state index contributed by atoms with van der Waals surface area (Å²) in [4.78, 5) is 28.3. The number of hydrogen-bond donors (Lipinski definition) is 3. The molecule has 2 aromatic rings. The number of methoxy groups -OCH3 is 2. The van der Waals surface area contributed by atoms with Crippen molar-refractivity contribution in [2.45, 2.75) is 12.5 Å². The molecule has 0 aliphatic rings. The van der Waals surface area contributed by atoms with E-state index in [9.17, 15) is 9.59 Å². The number of halogens is 1. The minimum Gasteiger partial charge on any atom is -0.493 e. The van der Waals surface area contributed by atoms with Crippen LogP contribution in [-0.2, 0) is 11.3 Å². The lowest BCUT2D eigenvalue weighted by atomic mass is 10.1. The molecule has 0 heterocycles. The average molecular weight is 409 g/mol. The van der Waals surface area contributed by atoms with Gasteiger partial charge in [-0.15, -0.1) is 0 Å². The number of ether oxygens (including phenoxy) is 2. The fraction of sp³-hybridized carbons (Fsp3) is 0.263. The lowest BCUT2D eigenvalue weighted by Gasteiger charge is -2.20. The molecule has 8 nitrogen and oxygen atoms in total. The van der Waals surface area contributed by atoms with Gasteiger partial charge in [-0.2, -0.15) is 5.48 Å². The summed E-state index contributed by atoms with van der Waals surface area (Å²) in [6, 6.07) is 12.0. The number of rotatable bonds is 9. The van der Waals surface area contributed by atoms with Crippen LogP contribution in [0.2, 0.25) is 5.02 Å². The molecule has 9 heteroatoms. The number of amides is 2. The first-order valence-electron chi connectivity index (χ1n) is 8.32. The van der Waals surface area contributed by atoms with Gasteiger partial charge in [-0.05, 0) is 24.1 Å². The first-order valence-corrected chi connectivity index (χ1v) is 8.70. The summed E-state index contributed by atoms with van der Waals surface area (Å²) in [5.74, 6) is 0.199. The van der Waals surface area contributed by atoms with Gasteiger partial charge in [-0.1, -0.05) is 41.9 Å². The van der Waals surface area contributed by atoms with Crippen molar-refractivity contribution < 1.29 is 29.0 Å². The quantitative estimate of drug-likeness (QED) is 0.551. The third-order valence-electron chi connectivity index (χ3n) is 3.83. The number of carbonyl (C=O) groups is 2. The second kappa shape index (κ2) is 10.4. The van der Waals surface area contributed by atoms with Crippen molar-refractivity contribution >= 4 is 23.6 Å². The monoisotopic (exact) mass is 408 g/mol. The standard InChI is InChI=1S/C19H21ClN2O6/c1-26-15-9-8-14(16(20)17(15)27-2)18(23)21-13(11-28-22-19(24)25)10-12-6-4-3-5-7-12/h3-9,13,22H,10-11H2,1-2H3,(H,21,23)(H,24,25). The van der Waals surface area contributed by atoms with E-state index < -0.39 is 18.0 Å². The van der Waals surface area contributed by atoms with Crippen LogP contribution < -0.4 is 20.3 Å². The Morgan fingerprint density at radius 1 is 1.11 bits per heavy atom. The Balaban J connectivity index is 2.17. The van der Waals surface area contributed by atoms with Crippen LogP contribution in [0.15, 0.2) is 42.5 Å². The molecule has 1 unspecified atom stereocenters. The maximum atomic E-state index is 12.7. The van der Waals surface area contributed by atoms with Crippen molar-refractivity contribution in [2.24, 2.45) is 0 Å². The van der Waals surface area contributed by atoms with E-state index in [2.05, 4.69) is 5.32 Å². The molecule has 0 aliphatic carbocycles. The van der Waals surface area contributed by atoms with Gasteiger partial charge in [-0.25, -0.2) is 4.79 Å². The molecule has 3 N–H and O–H groups in total. The lowest BCUT2D eigenvalue weighted by molar-refractivity contribution is 0.0294. The molecule has 1 atom stereocenters. The summed E-state index contributed by atoms with van der Waals surface area (Å²) in [5, 5.41) is 11.6. The van der Waals surface area contributed by atoms with E-state index in [-0.39, 0.29) is 22.9 Å². The molecule has 0 spiro atoms. The van der Waals surface area contributed by atoms with Gasteiger partial charge < -0.3 is 19.9 Å². The maximum Gasteiger partial charge on any atom is 0.428 e. The molecule has 28 heavy (non-hydrogen) atoms. The van der Waals surface area contributed by atoms with Crippen LogP contribution in [0.3, 0.4) is 0 Å².